The predicted molar refractivity (Wildman–Crippen MR) is 67.7 cm³/mol. The van der Waals surface area contributed by atoms with Crippen LogP contribution in [0.25, 0.3) is 0 Å². The second-order valence-corrected chi connectivity index (χ2v) is 5.67. The van der Waals surface area contributed by atoms with Gasteiger partial charge in [0.1, 0.15) is 6.04 Å². The average Bonchev–Trinajstić information content (AvgIpc) is 3.19. The van der Waals surface area contributed by atoms with Crippen LogP contribution >= 0.6 is 0 Å². The molecule has 2 rings (SSSR count). The molecule has 17 heavy (non-hydrogen) atoms. The number of hydrogen-bond donors (Lipinski definition) is 1. The van der Waals surface area contributed by atoms with Crippen LogP contribution in [-0.2, 0) is 9.53 Å². The lowest BCUT2D eigenvalue weighted by Gasteiger charge is -2.25. The van der Waals surface area contributed by atoms with Gasteiger partial charge in [-0.1, -0.05) is 32.1 Å². The van der Waals surface area contributed by atoms with Gasteiger partial charge in [-0.05, 0) is 37.6 Å². The number of carbonyl (C=O) groups excluding carboxylic acids is 1. The molecule has 2 fully saturated rings. The fourth-order valence-corrected chi connectivity index (χ4v) is 2.79. The maximum atomic E-state index is 11.7. The first-order chi connectivity index (χ1) is 8.29. The topological polar surface area (TPSA) is 38.3 Å². The minimum absolute atomic E-state index is 0.0660. The molecule has 0 spiro atoms. The molecule has 0 bridgehead atoms. The van der Waals surface area contributed by atoms with Crippen LogP contribution in [0.1, 0.15) is 51.4 Å². The first kappa shape index (κ1) is 12.9. The van der Waals surface area contributed by atoms with E-state index in [0.29, 0.717) is 0 Å². The van der Waals surface area contributed by atoms with E-state index in [-0.39, 0.29) is 12.0 Å². The summed E-state index contributed by atoms with van der Waals surface area (Å²) in [6.07, 6.45) is 10.2. The van der Waals surface area contributed by atoms with Crippen LogP contribution in [0.3, 0.4) is 0 Å². The normalized spacial score (nSPS) is 23.4. The van der Waals surface area contributed by atoms with E-state index < -0.39 is 0 Å². The highest BCUT2D eigenvalue weighted by Crippen LogP contribution is 2.29. The molecule has 0 aliphatic heterocycles. The summed E-state index contributed by atoms with van der Waals surface area (Å²) in [5, 5.41) is 3.41. The van der Waals surface area contributed by atoms with Crippen molar-refractivity contribution in [3.63, 3.8) is 0 Å². The Bertz CT molecular complexity index is 245. The minimum Gasteiger partial charge on any atom is -0.468 e. The number of methoxy groups -OCH3 is 1. The Labute approximate surface area is 104 Å². The first-order valence-corrected chi connectivity index (χ1v) is 7.11. The molecule has 98 valence electrons. The monoisotopic (exact) mass is 239 g/mol. The largest absolute Gasteiger partial charge is 0.468 e. The smallest absolute Gasteiger partial charge is 0.322 e. The van der Waals surface area contributed by atoms with Crippen molar-refractivity contribution in [2.45, 2.75) is 57.4 Å². The summed E-state index contributed by atoms with van der Waals surface area (Å²) in [6.45, 7) is 0.993. The van der Waals surface area contributed by atoms with Crippen LogP contribution in [0.4, 0.5) is 0 Å². The van der Waals surface area contributed by atoms with E-state index in [1.54, 1.807) is 0 Å². The Morgan fingerprint density at radius 1 is 1.18 bits per heavy atom. The fraction of sp³-hybridized carbons (Fsp3) is 0.929. The van der Waals surface area contributed by atoms with Crippen LogP contribution in [0, 0.1) is 11.8 Å². The van der Waals surface area contributed by atoms with Crippen LogP contribution in [-0.4, -0.2) is 25.7 Å². The molecule has 2 aliphatic rings. The van der Waals surface area contributed by atoms with Crippen LogP contribution in [0.5, 0.6) is 0 Å². The zero-order valence-electron chi connectivity index (χ0n) is 10.9. The number of ether oxygens (including phenoxy) is 1. The molecule has 0 amide bonds. The molecule has 0 radical (unpaired) electrons. The Hall–Kier alpha value is -0.570. The van der Waals surface area contributed by atoms with Crippen LogP contribution in [0.15, 0.2) is 0 Å². The van der Waals surface area contributed by atoms with Crippen LogP contribution < -0.4 is 5.32 Å². The Balaban J connectivity index is 1.77. The zero-order valence-corrected chi connectivity index (χ0v) is 10.9. The van der Waals surface area contributed by atoms with Crippen molar-refractivity contribution < 1.29 is 9.53 Å². The van der Waals surface area contributed by atoms with Gasteiger partial charge in [-0.15, -0.1) is 0 Å². The van der Waals surface area contributed by atoms with E-state index in [1.807, 2.05) is 0 Å². The summed E-state index contributed by atoms with van der Waals surface area (Å²) >= 11 is 0. The molecule has 2 saturated carbocycles. The van der Waals surface area contributed by atoms with Gasteiger partial charge in [0.25, 0.3) is 0 Å². The predicted octanol–water partition coefficient (Wildman–Crippen LogP) is 2.50. The van der Waals surface area contributed by atoms with Gasteiger partial charge in [0.05, 0.1) is 7.11 Å². The van der Waals surface area contributed by atoms with Crippen LogP contribution in [0.2, 0.25) is 0 Å². The van der Waals surface area contributed by atoms with Gasteiger partial charge in [-0.25, -0.2) is 0 Å². The second-order valence-electron chi connectivity index (χ2n) is 5.67. The van der Waals surface area contributed by atoms with E-state index in [2.05, 4.69) is 5.32 Å². The molecule has 0 aromatic rings. The maximum Gasteiger partial charge on any atom is 0.322 e. The Morgan fingerprint density at radius 2 is 1.88 bits per heavy atom. The molecule has 0 aromatic carbocycles. The van der Waals surface area contributed by atoms with E-state index in [1.165, 1.54) is 52.1 Å². The van der Waals surface area contributed by atoms with E-state index in [0.717, 1.165) is 24.8 Å². The third kappa shape index (κ3) is 4.30. The molecule has 1 atom stereocenters. The average molecular weight is 239 g/mol. The number of rotatable bonds is 6. The molecule has 3 heteroatoms. The molecule has 0 saturated heterocycles. The SMILES string of the molecule is COC(=O)C(CC1CCCCC1)NCC1CC1. The number of esters is 1. The molecule has 1 N–H and O–H groups in total. The maximum absolute atomic E-state index is 11.7. The molecule has 1 unspecified atom stereocenters. The summed E-state index contributed by atoms with van der Waals surface area (Å²) in [5.41, 5.74) is 0. The van der Waals surface area contributed by atoms with Crippen molar-refractivity contribution in [2.24, 2.45) is 11.8 Å². The second kappa shape index (κ2) is 6.39. The minimum atomic E-state index is -0.0729. The summed E-state index contributed by atoms with van der Waals surface area (Å²) < 4.78 is 4.91. The lowest BCUT2D eigenvalue weighted by molar-refractivity contribution is -0.143. The highest BCUT2D eigenvalue weighted by Gasteiger charge is 2.27. The van der Waals surface area contributed by atoms with Gasteiger partial charge in [0.2, 0.25) is 0 Å². The molecular weight excluding hydrogens is 214 g/mol. The molecule has 0 heterocycles. The van der Waals surface area contributed by atoms with Crippen molar-refractivity contribution in [3.8, 4) is 0 Å². The quantitative estimate of drug-likeness (QED) is 0.724. The first-order valence-electron chi connectivity index (χ1n) is 7.11. The van der Waals surface area contributed by atoms with Crippen molar-refractivity contribution in [1.29, 1.82) is 0 Å². The van der Waals surface area contributed by atoms with Gasteiger partial charge in [-0.3, -0.25) is 4.79 Å². The van der Waals surface area contributed by atoms with Crippen molar-refractivity contribution in [1.82, 2.24) is 5.32 Å². The number of hydrogen-bond acceptors (Lipinski definition) is 3. The lowest BCUT2D eigenvalue weighted by atomic mass is 9.85. The molecule has 3 nitrogen and oxygen atoms in total. The van der Waals surface area contributed by atoms with Gasteiger partial charge >= 0.3 is 5.97 Å². The Morgan fingerprint density at radius 3 is 2.47 bits per heavy atom. The summed E-state index contributed by atoms with van der Waals surface area (Å²) in [6, 6.07) is -0.0660. The van der Waals surface area contributed by atoms with Gasteiger partial charge < -0.3 is 10.1 Å². The van der Waals surface area contributed by atoms with Gasteiger partial charge in [0, 0.05) is 0 Å². The summed E-state index contributed by atoms with van der Waals surface area (Å²) in [4.78, 5) is 11.7. The molecule has 2 aliphatic carbocycles. The van der Waals surface area contributed by atoms with Crippen molar-refractivity contribution >= 4 is 5.97 Å². The fourth-order valence-electron chi connectivity index (χ4n) is 2.79. The van der Waals surface area contributed by atoms with Gasteiger partial charge in [-0.2, -0.15) is 0 Å². The summed E-state index contributed by atoms with van der Waals surface area (Å²) in [5.74, 6) is 1.46. The summed E-state index contributed by atoms with van der Waals surface area (Å²) in [7, 11) is 1.50. The lowest BCUT2D eigenvalue weighted by Crippen LogP contribution is -2.40. The molecular formula is C14H25NO2. The Kier molecular flexibility index (Phi) is 4.84. The standard InChI is InChI=1S/C14H25NO2/c1-17-14(16)13(15-10-12-7-8-12)9-11-5-3-2-4-6-11/h11-13,15H,2-10H2,1H3. The molecule has 0 aromatic heterocycles. The van der Waals surface area contributed by atoms with Crippen molar-refractivity contribution in [2.75, 3.05) is 13.7 Å². The zero-order chi connectivity index (χ0) is 12.1. The third-order valence-corrected chi connectivity index (χ3v) is 4.13. The highest BCUT2D eigenvalue weighted by molar-refractivity contribution is 5.75. The van der Waals surface area contributed by atoms with E-state index in [9.17, 15) is 4.79 Å². The number of carbonyl (C=O) groups is 1. The highest BCUT2D eigenvalue weighted by atomic mass is 16.5. The van der Waals surface area contributed by atoms with E-state index >= 15 is 0 Å². The van der Waals surface area contributed by atoms with E-state index in [4.69, 9.17) is 4.74 Å². The van der Waals surface area contributed by atoms with Crippen molar-refractivity contribution in [3.05, 3.63) is 0 Å². The third-order valence-electron chi connectivity index (χ3n) is 4.13. The van der Waals surface area contributed by atoms with Gasteiger partial charge in [0.15, 0.2) is 0 Å². The number of nitrogens with one attached hydrogen (secondary N) is 1.